The monoisotopic (exact) mass is 438 g/mol. The summed E-state index contributed by atoms with van der Waals surface area (Å²) in [6.07, 6.45) is 1.09. The zero-order valence-corrected chi connectivity index (χ0v) is 19.4. The van der Waals surface area contributed by atoms with Crippen molar-refractivity contribution in [2.75, 3.05) is 0 Å². The van der Waals surface area contributed by atoms with E-state index in [2.05, 4.69) is 0 Å². The van der Waals surface area contributed by atoms with Gasteiger partial charge in [-0.1, -0.05) is 19.9 Å². The number of fused-ring (bicyclic) bond motifs is 1. The summed E-state index contributed by atoms with van der Waals surface area (Å²) < 4.78 is 27.6. The lowest BCUT2D eigenvalue weighted by Crippen LogP contribution is -2.49. The van der Waals surface area contributed by atoms with Crippen molar-refractivity contribution in [1.29, 1.82) is 0 Å². The first kappa shape index (κ1) is 23.9. The maximum atomic E-state index is 11.5. The highest BCUT2D eigenvalue weighted by Gasteiger charge is 2.51. The molecule has 0 N–H and O–H groups in total. The van der Waals surface area contributed by atoms with Crippen LogP contribution >= 0.6 is 0 Å². The largest absolute Gasteiger partial charge is 0.705 e. The maximum Gasteiger partial charge on any atom is 0.705 e. The lowest BCUT2D eigenvalue weighted by atomic mass is 10.0. The van der Waals surface area contributed by atoms with Crippen LogP contribution in [-0.4, -0.2) is 32.5 Å². The van der Waals surface area contributed by atoms with E-state index in [4.69, 9.17) is 22.8 Å². The third-order valence-electron chi connectivity index (χ3n) is 4.85. The van der Waals surface area contributed by atoms with E-state index in [1.807, 2.05) is 39.0 Å². The van der Waals surface area contributed by atoms with Crippen LogP contribution in [-0.2, 0) is 45.4 Å². The number of benzene rings is 1. The Morgan fingerprint density at radius 3 is 2.13 bits per heavy atom. The van der Waals surface area contributed by atoms with Crippen LogP contribution < -0.4 is 4.74 Å². The molecule has 0 aromatic heterocycles. The molecule has 1 unspecified atom stereocenters. The van der Waals surface area contributed by atoms with E-state index >= 15 is 0 Å². The summed E-state index contributed by atoms with van der Waals surface area (Å²) in [5.74, 6) is -1.66. The van der Waals surface area contributed by atoms with Gasteiger partial charge in [0.2, 0.25) is 5.79 Å². The summed E-state index contributed by atoms with van der Waals surface area (Å²) in [5, 5.41) is 0. The van der Waals surface area contributed by atoms with Crippen molar-refractivity contribution in [3.63, 3.8) is 0 Å². The normalized spacial score (nSPS) is 18.2. The van der Waals surface area contributed by atoms with Gasteiger partial charge in [0.1, 0.15) is 5.75 Å². The molecule has 1 aliphatic heterocycles. The first-order valence-corrected chi connectivity index (χ1v) is 11.9. The van der Waals surface area contributed by atoms with Gasteiger partial charge in [-0.05, 0) is 30.5 Å². The van der Waals surface area contributed by atoms with Crippen LogP contribution in [0.1, 0.15) is 59.1 Å². The second-order valence-corrected chi connectivity index (χ2v) is 10.3. The molecule has 1 heterocycles. The molecule has 1 atom stereocenters. The Morgan fingerprint density at radius 1 is 1.07 bits per heavy atom. The highest BCUT2D eigenvalue weighted by atomic mass is 28.4. The van der Waals surface area contributed by atoms with Gasteiger partial charge in [0.05, 0.1) is 12.7 Å². The molecular weight excluding hydrogens is 408 g/mol. The lowest BCUT2D eigenvalue weighted by Gasteiger charge is -2.38. The average molecular weight is 439 g/mol. The number of ether oxygens (including phenoxy) is 2. The Bertz CT molecular complexity index is 765. The van der Waals surface area contributed by atoms with Crippen LogP contribution in [0, 0.1) is 5.92 Å². The number of carbonyl (C=O) groups excluding carboxylic acids is 3. The second kappa shape index (κ2) is 9.61. The molecule has 0 aliphatic carbocycles. The predicted octanol–water partition coefficient (Wildman–Crippen LogP) is 3.53. The zero-order chi connectivity index (χ0) is 22.5. The van der Waals surface area contributed by atoms with E-state index in [1.165, 1.54) is 20.8 Å². The van der Waals surface area contributed by atoms with Gasteiger partial charge in [-0.25, -0.2) is 0 Å². The molecule has 0 bridgehead atoms. The van der Waals surface area contributed by atoms with Gasteiger partial charge in [0, 0.05) is 39.2 Å². The molecule has 8 nitrogen and oxygen atoms in total. The van der Waals surface area contributed by atoms with Gasteiger partial charge in [-0.3, -0.25) is 14.4 Å². The SMILES string of the molecule is CC(=O)O[Si](CCCc1ccc2c(c1)COC(C)(C(C)C)O2)(OC(C)=O)OC(C)=O. The summed E-state index contributed by atoms with van der Waals surface area (Å²) in [6, 6.07) is 6.02. The van der Waals surface area contributed by atoms with Crippen molar-refractivity contribution in [1.82, 2.24) is 0 Å². The Morgan fingerprint density at radius 2 is 1.63 bits per heavy atom. The van der Waals surface area contributed by atoms with Gasteiger partial charge >= 0.3 is 8.80 Å². The van der Waals surface area contributed by atoms with Gasteiger partial charge < -0.3 is 22.8 Å². The smallest absolute Gasteiger partial charge is 0.462 e. The number of hydrogen-bond donors (Lipinski definition) is 0. The van der Waals surface area contributed by atoms with Crippen molar-refractivity contribution in [2.45, 2.75) is 72.8 Å². The van der Waals surface area contributed by atoms with Gasteiger partial charge in [-0.15, -0.1) is 0 Å². The van der Waals surface area contributed by atoms with Gasteiger partial charge in [0.15, 0.2) is 0 Å². The van der Waals surface area contributed by atoms with Crippen molar-refractivity contribution >= 4 is 26.7 Å². The van der Waals surface area contributed by atoms with Gasteiger partial charge in [-0.2, -0.15) is 0 Å². The molecule has 0 radical (unpaired) electrons. The molecule has 166 valence electrons. The molecule has 9 heteroatoms. The summed E-state index contributed by atoms with van der Waals surface area (Å²) in [7, 11) is -3.80. The molecule has 0 saturated heterocycles. The average Bonchev–Trinajstić information content (AvgIpc) is 2.59. The molecule has 0 spiro atoms. The first-order chi connectivity index (χ1) is 13.9. The first-order valence-electron chi connectivity index (χ1n) is 9.98. The third-order valence-corrected chi connectivity index (χ3v) is 7.61. The highest BCUT2D eigenvalue weighted by Crippen LogP contribution is 2.36. The molecule has 0 saturated carbocycles. The minimum absolute atomic E-state index is 0.140. The Hall–Kier alpha value is -2.39. The molecule has 1 aromatic carbocycles. The van der Waals surface area contributed by atoms with Crippen LogP contribution in [0.5, 0.6) is 5.75 Å². The fraction of sp³-hybridized carbons (Fsp3) is 0.571. The molecule has 0 amide bonds. The molecule has 1 aliphatic rings. The molecule has 0 fully saturated rings. The fourth-order valence-electron chi connectivity index (χ4n) is 3.14. The standard InChI is InChI=1S/C21H30O8Si/c1-14(2)21(6)25-13-19-12-18(9-10-20(19)26-21)8-7-11-30(27-15(3)22,28-16(4)23)29-17(5)24/h9-10,12,14H,7-8,11,13H2,1-6H3. The summed E-state index contributed by atoms with van der Waals surface area (Å²) in [4.78, 5) is 34.6. The number of hydrogen-bond acceptors (Lipinski definition) is 8. The number of aryl methyl sites for hydroxylation is 1. The van der Waals surface area contributed by atoms with Crippen LogP contribution in [0.2, 0.25) is 6.04 Å². The Labute approximate surface area is 178 Å². The van der Waals surface area contributed by atoms with Crippen LogP contribution in [0.15, 0.2) is 18.2 Å². The quantitative estimate of drug-likeness (QED) is 0.569. The third kappa shape index (κ3) is 6.30. The van der Waals surface area contributed by atoms with Crippen molar-refractivity contribution < 1.29 is 37.1 Å². The topological polar surface area (TPSA) is 97.4 Å². The van der Waals surface area contributed by atoms with Gasteiger partial charge in [0.25, 0.3) is 17.9 Å². The molecule has 30 heavy (non-hydrogen) atoms. The number of rotatable bonds is 8. The van der Waals surface area contributed by atoms with E-state index in [0.29, 0.717) is 19.4 Å². The Kier molecular flexibility index (Phi) is 7.65. The molecular formula is C21H30O8Si. The van der Waals surface area contributed by atoms with E-state index < -0.39 is 32.5 Å². The van der Waals surface area contributed by atoms with E-state index in [0.717, 1.165) is 16.9 Å². The van der Waals surface area contributed by atoms with E-state index in [1.54, 1.807) is 0 Å². The van der Waals surface area contributed by atoms with Crippen molar-refractivity contribution in [3.05, 3.63) is 29.3 Å². The van der Waals surface area contributed by atoms with Crippen LogP contribution in [0.25, 0.3) is 0 Å². The summed E-state index contributed by atoms with van der Waals surface area (Å²) in [6.45, 7) is 10.0. The minimum atomic E-state index is -3.80. The molecule has 2 rings (SSSR count). The second-order valence-electron chi connectivity index (χ2n) is 7.82. The number of carbonyl (C=O) groups is 3. The van der Waals surface area contributed by atoms with Crippen molar-refractivity contribution in [3.8, 4) is 5.75 Å². The summed E-state index contributed by atoms with van der Waals surface area (Å²) in [5.41, 5.74) is 1.97. The summed E-state index contributed by atoms with van der Waals surface area (Å²) >= 11 is 0. The Balaban J connectivity index is 2.08. The van der Waals surface area contributed by atoms with Crippen LogP contribution in [0.3, 0.4) is 0 Å². The fourth-order valence-corrected chi connectivity index (χ4v) is 5.49. The zero-order valence-electron chi connectivity index (χ0n) is 18.4. The lowest BCUT2D eigenvalue weighted by molar-refractivity contribution is -0.219. The molecule has 1 aromatic rings. The van der Waals surface area contributed by atoms with Crippen LogP contribution in [0.4, 0.5) is 0 Å². The minimum Gasteiger partial charge on any atom is -0.462 e. The maximum absolute atomic E-state index is 11.5. The van der Waals surface area contributed by atoms with E-state index in [-0.39, 0.29) is 12.0 Å². The predicted molar refractivity (Wildman–Crippen MR) is 109 cm³/mol. The van der Waals surface area contributed by atoms with E-state index in [9.17, 15) is 14.4 Å². The van der Waals surface area contributed by atoms with Crippen molar-refractivity contribution in [2.24, 2.45) is 5.92 Å². The highest BCUT2D eigenvalue weighted by molar-refractivity contribution is 6.65.